The van der Waals surface area contributed by atoms with Crippen molar-refractivity contribution in [3.63, 3.8) is 0 Å². The van der Waals surface area contributed by atoms with E-state index < -0.39 is 11.8 Å². The van der Waals surface area contributed by atoms with E-state index >= 15 is 0 Å². The predicted molar refractivity (Wildman–Crippen MR) is 135 cm³/mol. The van der Waals surface area contributed by atoms with Crippen molar-refractivity contribution in [2.45, 2.75) is 32.8 Å². The number of fused-ring (bicyclic) bond motifs is 1. The number of rotatable bonds is 5. The molecule has 0 bridgehead atoms. The summed E-state index contributed by atoms with van der Waals surface area (Å²) in [5.74, 6) is -0.329. The molecule has 0 aliphatic heterocycles. The zero-order chi connectivity index (χ0) is 25.0. The van der Waals surface area contributed by atoms with Crippen LogP contribution < -0.4 is 21.1 Å². The van der Waals surface area contributed by atoms with Crippen molar-refractivity contribution in [2.75, 3.05) is 0 Å². The van der Waals surface area contributed by atoms with E-state index in [0.29, 0.717) is 22.9 Å². The summed E-state index contributed by atoms with van der Waals surface area (Å²) in [5, 5.41) is 1.12. The van der Waals surface area contributed by atoms with E-state index in [-0.39, 0.29) is 16.7 Å². The Morgan fingerprint density at radius 1 is 0.857 bits per heavy atom. The van der Waals surface area contributed by atoms with Gasteiger partial charge in [0.05, 0.1) is 0 Å². The molecule has 3 aromatic carbocycles. The molecule has 0 saturated carbocycles. The number of carbonyl (C=O) groups is 2. The van der Waals surface area contributed by atoms with Crippen LogP contribution in [0.4, 0.5) is 0 Å². The van der Waals surface area contributed by atoms with Gasteiger partial charge in [0.15, 0.2) is 0 Å². The van der Waals surface area contributed by atoms with Crippen LogP contribution >= 0.6 is 0 Å². The molecule has 0 spiro atoms. The monoisotopic (exact) mass is 469 g/mol. The van der Waals surface area contributed by atoms with Crippen molar-refractivity contribution < 1.29 is 14.3 Å². The number of hydrogen-bond donors (Lipinski definition) is 3. The van der Waals surface area contributed by atoms with Crippen LogP contribution in [0.3, 0.4) is 0 Å². The maximum atomic E-state index is 12.4. The smallest absolute Gasteiger partial charge is 0.286 e. The lowest BCUT2D eigenvalue weighted by Gasteiger charge is -2.19. The van der Waals surface area contributed by atoms with Crippen LogP contribution in [0.25, 0.3) is 10.8 Å². The Bertz CT molecular complexity index is 1420. The van der Waals surface area contributed by atoms with Gasteiger partial charge in [-0.2, -0.15) is 0 Å². The molecule has 0 unspecified atom stereocenters. The average molecular weight is 470 g/mol. The third kappa shape index (κ3) is 5.76. The van der Waals surface area contributed by atoms with E-state index in [2.05, 4.69) is 48.7 Å². The number of amides is 2. The summed E-state index contributed by atoms with van der Waals surface area (Å²) >= 11 is 0. The molecule has 1 heterocycles. The fourth-order valence-corrected chi connectivity index (χ4v) is 3.56. The Morgan fingerprint density at radius 3 is 2.20 bits per heavy atom. The zero-order valence-electron chi connectivity index (χ0n) is 19.8. The number of carbonyl (C=O) groups excluding carboxylic acids is 2. The highest BCUT2D eigenvalue weighted by molar-refractivity contribution is 5.99. The molecule has 178 valence electrons. The maximum absolute atomic E-state index is 12.4. The van der Waals surface area contributed by atoms with Crippen LogP contribution in [-0.4, -0.2) is 16.8 Å². The normalized spacial score (nSPS) is 11.2. The number of hydrazine groups is 1. The topological polar surface area (TPSA) is 100 Å². The Morgan fingerprint density at radius 2 is 1.51 bits per heavy atom. The maximum Gasteiger partial charge on any atom is 0.286 e. The number of hydrogen-bond acceptors (Lipinski definition) is 4. The first-order chi connectivity index (χ1) is 16.7. The van der Waals surface area contributed by atoms with Gasteiger partial charge in [-0.3, -0.25) is 25.2 Å². The minimum Gasteiger partial charge on any atom is -0.489 e. The number of nitrogens with one attached hydrogen (secondary N) is 3. The molecule has 0 radical (unpaired) electrons. The second kappa shape index (κ2) is 9.85. The fourth-order valence-electron chi connectivity index (χ4n) is 3.56. The standard InChI is InChI=1S/C28H27N3O4/c1-28(2,3)21-12-14-22(15-13-21)35-17-18-8-10-19(11-9-18)25(32)30-31-27(34)24-16-20-6-4-5-7-23(20)26(33)29-24/h4-16H,17H2,1-3H3,(H,29,33)(H,30,32)(H,31,34). The molecular formula is C28H27N3O4. The zero-order valence-corrected chi connectivity index (χ0v) is 19.8. The van der Waals surface area contributed by atoms with Gasteiger partial charge in [0.1, 0.15) is 18.1 Å². The highest BCUT2D eigenvalue weighted by atomic mass is 16.5. The van der Waals surface area contributed by atoms with E-state index in [4.69, 9.17) is 4.74 Å². The molecule has 2 amide bonds. The van der Waals surface area contributed by atoms with Crippen LogP contribution in [0.1, 0.15) is 52.7 Å². The molecule has 7 heteroatoms. The third-order valence-corrected chi connectivity index (χ3v) is 5.63. The lowest BCUT2D eigenvalue weighted by atomic mass is 9.87. The van der Waals surface area contributed by atoms with Gasteiger partial charge >= 0.3 is 0 Å². The first-order valence-electron chi connectivity index (χ1n) is 11.3. The molecule has 0 aliphatic rings. The summed E-state index contributed by atoms with van der Waals surface area (Å²) in [6, 6.07) is 23.4. The SMILES string of the molecule is CC(C)(C)c1ccc(OCc2ccc(C(=O)NNC(=O)c3cc4ccccc4c(=O)[nH]3)cc2)cc1. The van der Waals surface area contributed by atoms with Gasteiger partial charge in [-0.05, 0) is 58.3 Å². The lowest BCUT2D eigenvalue weighted by molar-refractivity contribution is 0.0844. The number of pyridine rings is 1. The minimum absolute atomic E-state index is 0.0528. The van der Waals surface area contributed by atoms with Gasteiger partial charge in [0, 0.05) is 10.9 Å². The van der Waals surface area contributed by atoms with Gasteiger partial charge < -0.3 is 9.72 Å². The lowest BCUT2D eigenvalue weighted by Crippen LogP contribution is -2.42. The predicted octanol–water partition coefficient (Wildman–Crippen LogP) is 4.48. The Labute approximate surface area is 203 Å². The molecule has 0 atom stereocenters. The number of aromatic amines is 1. The van der Waals surface area contributed by atoms with E-state index in [0.717, 1.165) is 11.3 Å². The van der Waals surface area contributed by atoms with Crippen molar-refractivity contribution in [3.05, 3.63) is 112 Å². The Hall–Kier alpha value is -4.39. The van der Waals surface area contributed by atoms with Gasteiger partial charge in [-0.1, -0.05) is 63.2 Å². The highest BCUT2D eigenvalue weighted by Crippen LogP contribution is 2.24. The van der Waals surface area contributed by atoms with Crippen LogP contribution in [0.2, 0.25) is 0 Å². The molecule has 0 fully saturated rings. The summed E-state index contributed by atoms with van der Waals surface area (Å²) < 4.78 is 5.84. The second-order valence-electron chi connectivity index (χ2n) is 9.27. The van der Waals surface area contributed by atoms with Crippen LogP contribution in [0.15, 0.2) is 83.7 Å². The van der Waals surface area contributed by atoms with E-state index in [1.807, 2.05) is 12.1 Å². The minimum atomic E-state index is -0.622. The molecular weight excluding hydrogens is 442 g/mol. The highest BCUT2D eigenvalue weighted by Gasteiger charge is 2.14. The van der Waals surface area contributed by atoms with E-state index in [9.17, 15) is 14.4 Å². The largest absolute Gasteiger partial charge is 0.489 e. The Kier molecular flexibility index (Phi) is 6.68. The molecule has 3 N–H and O–H groups in total. The molecule has 1 aromatic heterocycles. The summed E-state index contributed by atoms with van der Waals surface area (Å²) in [5.41, 5.74) is 6.97. The molecule has 4 aromatic rings. The number of benzene rings is 3. The molecule has 4 rings (SSSR count). The molecule has 35 heavy (non-hydrogen) atoms. The summed E-state index contributed by atoms with van der Waals surface area (Å²) in [4.78, 5) is 39.5. The van der Waals surface area contributed by atoms with Crippen LogP contribution in [-0.2, 0) is 12.0 Å². The fraction of sp³-hybridized carbons (Fsp3) is 0.179. The summed E-state index contributed by atoms with van der Waals surface area (Å²) in [7, 11) is 0. The first kappa shape index (κ1) is 23.8. The number of H-pyrrole nitrogens is 1. The summed E-state index contributed by atoms with van der Waals surface area (Å²) in [6.45, 7) is 6.85. The van der Waals surface area contributed by atoms with Crippen molar-refractivity contribution >= 4 is 22.6 Å². The van der Waals surface area contributed by atoms with Gasteiger partial charge in [0.2, 0.25) is 0 Å². The van der Waals surface area contributed by atoms with Gasteiger partial charge in [-0.25, -0.2) is 0 Å². The molecule has 7 nitrogen and oxygen atoms in total. The van der Waals surface area contributed by atoms with E-state index in [1.165, 1.54) is 5.56 Å². The summed E-state index contributed by atoms with van der Waals surface area (Å²) in [6.07, 6.45) is 0. The number of aromatic nitrogens is 1. The van der Waals surface area contributed by atoms with Gasteiger partial charge in [-0.15, -0.1) is 0 Å². The van der Waals surface area contributed by atoms with Gasteiger partial charge in [0.25, 0.3) is 17.4 Å². The van der Waals surface area contributed by atoms with Crippen molar-refractivity contribution in [1.29, 1.82) is 0 Å². The quantitative estimate of drug-likeness (QED) is 0.375. The van der Waals surface area contributed by atoms with Crippen LogP contribution in [0.5, 0.6) is 5.75 Å². The molecule has 0 saturated heterocycles. The van der Waals surface area contributed by atoms with Crippen molar-refractivity contribution in [1.82, 2.24) is 15.8 Å². The average Bonchev–Trinajstić information content (AvgIpc) is 2.86. The first-order valence-corrected chi connectivity index (χ1v) is 11.3. The van der Waals surface area contributed by atoms with E-state index in [1.54, 1.807) is 54.6 Å². The third-order valence-electron chi connectivity index (χ3n) is 5.63. The Balaban J connectivity index is 1.32. The van der Waals surface area contributed by atoms with Crippen molar-refractivity contribution in [3.8, 4) is 5.75 Å². The molecule has 0 aliphatic carbocycles. The number of ether oxygens (including phenoxy) is 1. The van der Waals surface area contributed by atoms with Crippen LogP contribution in [0, 0.1) is 0 Å². The van der Waals surface area contributed by atoms with Crippen molar-refractivity contribution in [2.24, 2.45) is 0 Å². The second-order valence-corrected chi connectivity index (χ2v) is 9.27.